The first-order valence-electron chi connectivity index (χ1n) is 6.26. The summed E-state index contributed by atoms with van der Waals surface area (Å²) in [6.07, 6.45) is 0. The van der Waals surface area contributed by atoms with Gasteiger partial charge in [0.05, 0.1) is 19.8 Å². The maximum atomic E-state index is 13.8. The Hall–Kier alpha value is -2.28. The standard InChI is InChI=1S/C14H15F2N3O2/c1-8-6-12(21-2)19-14(17-8)18-11(7-20)13-9(15)4-3-5-10(13)16/h3-6,11,20H,7H2,1-2H3,(H,17,18,19). The van der Waals surface area contributed by atoms with E-state index in [0.29, 0.717) is 11.6 Å². The molecule has 2 rings (SSSR count). The summed E-state index contributed by atoms with van der Waals surface area (Å²) in [6, 6.07) is 4.12. The van der Waals surface area contributed by atoms with Crippen molar-refractivity contribution in [3.05, 3.63) is 47.2 Å². The van der Waals surface area contributed by atoms with Crippen LogP contribution in [0.4, 0.5) is 14.7 Å². The molecule has 0 radical (unpaired) electrons. The van der Waals surface area contributed by atoms with E-state index < -0.39 is 24.3 Å². The molecule has 2 aromatic rings. The van der Waals surface area contributed by atoms with Crippen LogP contribution < -0.4 is 10.1 Å². The summed E-state index contributed by atoms with van der Waals surface area (Å²) >= 11 is 0. The Bertz CT molecular complexity index is 617. The van der Waals surface area contributed by atoms with Crippen LogP contribution in [0.2, 0.25) is 0 Å². The van der Waals surface area contributed by atoms with E-state index in [9.17, 15) is 13.9 Å². The molecular weight excluding hydrogens is 280 g/mol. The third-order valence-electron chi connectivity index (χ3n) is 2.87. The highest BCUT2D eigenvalue weighted by molar-refractivity contribution is 5.36. The van der Waals surface area contributed by atoms with E-state index in [2.05, 4.69) is 15.3 Å². The number of hydrogen-bond donors (Lipinski definition) is 2. The molecule has 0 fully saturated rings. The molecule has 0 amide bonds. The van der Waals surface area contributed by atoms with Crippen LogP contribution in [0.15, 0.2) is 24.3 Å². The van der Waals surface area contributed by atoms with Crippen molar-refractivity contribution in [1.82, 2.24) is 9.97 Å². The largest absolute Gasteiger partial charge is 0.481 e. The van der Waals surface area contributed by atoms with Gasteiger partial charge >= 0.3 is 0 Å². The number of anilines is 1. The molecule has 5 nitrogen and oxygen atoms in total. The number of hydrogen-bond acceptors (Lipinski definition) is 5. The molecule has 1 aromatic carbocycles. The number of aliphatic hydroxyl groups is 1. The van der Waals surface area contributed by atoms with E-state index in [1.165, 1.54) is 13.2 Å². The van der Waals surface area contributed by atoms with Gasteiger partial charge < -0.3 is 15.2 Å². The first kappa shape index (κ1) is 15.1. The number of aromatic nitrogens is 2. The fourth-order valence-corrected chi connectivity index (χ4v) is 1.92. The molecule has 0 spiro atoms. The second kappa shape index (κ2) is 6.45. The van der Waals surface area contributed by atoms with E-state index in [1.807, 2.05) is 0 Å². The maximum absolute atomic E-state index is 13.8. The number of halogens is 2. The summed E-state index contributed by atoms with van der Waals surface area (Å²) in [5.41, 5.74) is 0.360. The lowest BCUT2D eigenvalue weighted by atomic mass is 10.1. The van der Waals surface area contributed by atoms with Crippen LogP contribution in [0, 0.1) is 18.6 Å². The second-order valence-electron chi connectivity index (χ2n) is 4.39. The highest BCUT2D eigenvalue weighted by Gasteiger charge is 2.20. The number of nitrogens with one attached hydrogen (secondary N) is 1. The fraction of sp³-hybridized carbons (Fsp3) is 0.286. The molecule has 1 aromatic heterocycles. The van der Waals surface area contributed by atoms with Gasteiger partial charge in [0, 0.05) is 17.3 Å². The number of benzene rings is 1. The molecular formula is C14H15F2N3O2. The third-order valence-corrected chi connectivity index (χ3v) is 2.87. The number of methoxy groups -OCH3 is 1. The quantitative estimate of drug-likeness (QED) is 0.885. The highest BCUT2D eigenvalue weighted by atomic mass is 19.1. The topological polar surface area (TPSA) is 67.3 Å². The Morgan fingerprint density at radius 3 is 2.52 bits per heavy atom. The van der Waals surface area contributed by atoms with Crippen LogP contribution in [0.1, 0.15) is 17.3 Å². The van der Waals surface area contributed by atoms with Gasteiger partial charge in [0.25, 0.3) is 0 Å². The van der Waals surface area contributed by atoms with Gasteiger partial charge in [-0.2, -0.15) is 4.98 Å². The molecule has 0 aliphatic carbocycles. The number of nitrogens with zero attached hydrogens (tertiary/aromatic N) is 2. The molecule has 1 heterocycles. The van der Waals surface area contributed by atoms with E-state index in [4.69, 9.17) is 4.74 Å². The molecule has 0 saturated heterocycles. The van der Waals surface area contributed by atoms with Crippen molar-refractivity contribution in [2.24, 2.45) is 0 Å². The monoisotopic (exact) mass is 295 g/mol. The van der Waals surface area contributed by atoms with Crippen LogP contribution >= 0.6 is 0 Å². The van der Waals surface area contributed by atoms with E-state index in [1.54, 1.807) is 13.0 Å². The van der Waals surface area contributed by atoms with Gasteiger partial charge in [0.1, 0.15) is 11.6 Å². The smallest absolute Gasteiger partial charge is 0.226 e. The number of aryl methyl sites for hydroxylation is 1. The van der Waals surface area contributed by atoms with Gasteiger partial charge in [-0.25, -0.2) is 13.8 Å². The molecule has 2 N–H and O–H groups in total. The van der Waals surface area contributed by atoms with Gasteiger partial charge in [0.15, 0.2) is 0 Å². The van der Waals surface area contributed by atoms with Crippen LogP contribution in [0.5, 0.6) is 5.88 Å². The van der Waals surface area contributed by atoms with Crippen molar-refractivity contribution in [3.8, 4) is 5.88 Å². The average molecular weight is 295 g/mol. The minimum atomic E-state index is -1.00. The molecule has 1 atom stereocenters. The van der Waals surface area contributed by atoms with Crippen LogP contribution in [-0.4, -0.2) is 28.8 Å². The molecule has 0 aliphatic rings. The Labute approximate surface area is 120 Å². The molecule has 21 heavy (non-hydrogen) atoms. The summed E-state index contributed by atoms with van der Waals surface area (Å²) in [7, 11) is 1.45. The van der Waals surface area contributed by atoms with Crippen LogP contribution in [-0.2, 0) is 0 Å². The van der Waals surface area contributed by atoms with Crippen LogP contribution in [0.3, 0.4) is 0 Å². The maximum Gasteiger partial charge on any atom is 0.226 e. The molecule has 7 heteroatoms. The lowest BCUT2D eigenvalue weighted by Gasteiger charge is -2.18. The fourth-order valence-electron chi connectivity index (χ4n) is 1.92. The first-order chi connectivity index (χ1) is 10.0. The number of aliphatic hydroxyl groups excluding tert-OH is 1. The highest BCUT2D eigenvalue weighted by Crippen LogP contribution is 2.24. The Morgan fingerprint density at radius 1 is 1.29 bits per heavy atom. The Balaban J connectivity index is 2.33. The predicted molar refractivity (Wildman–Crippen MR) is 73.1 cm³/mol. The Kier molecular flexibility index (Phi) is 4.64. The SMILES string of the molecule is COc1cc(C)nc(NC(CO)c2c(F)cccc2F)n1. The minimum absolute atomic E-state index is 0.119. The lowest BCUT2D eigenvalue weighted by molar-refractivity contribution is 0.270. The van der Waals surface area contributed by atoms with Crippen molar-refractivity contribution in [2.75, 3.05) is 19.0 Å². The van der Waals surface area contributed by atoms with E-state index in [0.717, 1.165) is 12.1 Å². The van der Waals surface area contributed by atoms with E-state index in [-0.39, 0.29) is 11.5 Å². The van der Waals surface area contributed by atoms with Gasteiger partial charge in [-0.05, 0) is 19.1 Å². The summed E-state index contributed by atoms with van der Waals surface area (Å²) in [5, 5.41) is 12.1. The number of ether oxygens (including phenoxy) is 1. The summed E-state index contributed by atoms with van der Waals surface area (Å²) in [6.45, 7) is 1.21. The number of rotatable bonds is 5. The van der Waals surface area contributed by atoms with Crippen molar-refractivity contribution in [3.63, 3.8) is 0 Å². The van der Waals surface area contributed by atoms with Crippen LogP contribution in [0.25, 0.3) is 0 Å². The Morgan fingerprint density at radius 2 is 1.95 bits per heavy atom. The van der Waals surface area contributed by atoms with Gasteiger partial charge in [-0.1, -0.05) is 6.07 Å². The molecule has 1 unspecified atom stereocenters. The van der Waals surface area contributed by atoms with Crippen molar-refractivity contribution >= 4 is 5.95 Å². The zero-order chi connectivity index (χ0) is 15.4. The third kappa shape index (κ3) is 3.43. The predicted octanol–water partition coefficient (Wildman–Crippen LogP) is 2.22. The van der Waals surface area contributed by atoms with Crippen molar-refractivity contribution < 1.29 is 18.6 Å². The summed E-state index contributed by atoms with van der Waals surface area (Å²) in [4.78, 5) is 8.12. The minimum Gasteiger partial charge on any atom is -0.481 e. The van der Waals surface area contributed by atoms with E-state index >= 15 is 0 Å². The van der Waals surface area contributed by atoms with Crippen molar-refractivity contribution in [2.45, 2.75) is 13.0 Å². The van der Waals surface area contributed by atoms with Gasteiger partial charge in [-0.3, -0.25) is 0 Å². The van der Waals surface area contributed by atoms with Gasteiger partial charge in [-0.15, -0.1) is 0 Å². The molecule has 0 saturated carbocycles. The second-order valence-corrected chi connectivity index (χ2v) is 4.39. The van der Waals surface area contributed by atoms with Gasteiger partial charge in [0.2, 0.25) is 11.8 Å². The molecule has 112 valence electrons. The molecule has 0 bridgehead atoms. The first-order valence-corrected chi connectivity index (χ1v) is 6.26. The molecule has 0 aliphatic heterocycles. The summed E-state index contributed by atoms with van der Waals surface area (Å²) < 4.78 is 32.5. The average Bonchev–Trinajstić information content (AvgIpc) is 2.45. The van der Waals surface area contributed by atoms with Crippen molar-refractivity contribution in [1.29, 1.82) is 0 Å². The normalized spacial score (nSPS) is 12.0. The zero-order valence-electron chi connectivity index (χ0n) is 11.6. The summed E-state index contributed by atoms with van der Waals surface area (Å²) in [5.74, 6) is -1.06. The zero-order valence-corrected chi connectivity index (χ0v) is 11.6. The lowest BCUT2D eigenvalue weighted by Crippen LogP contribution is -2.19.